The lowest BCUT2D eigenvalue weighted by atomic mass is 10.0. The summed E-state index contributed by atoms with van der Waals surface area (Å²) in [5.74, 6) is 0.850. The van der Waals surface area contributed by atoms with Crippen molar-refractivity contribution in [3.63, 3.8) is 0 Å². The Morgan fingerprint density at radius 1 is 0.758 bits per heavy atom. The summed E-state index contributed by atoms with van der Waals surface area (Å²) in [5, 5.41) is 4.05. The van der Waals surface area contributed by atoms with Crippen molar-refractivity contribution in [2.75, 3.05) is 14.2 Å². The summed E-state index contributed by atoms with van der Waals surface area (Å²) in [6.07, 6.45) is -10.2. The topological polar surface area (TPSA) is 48.7 Å². The van der Waals surface area contributed by atoms with Gasteiger partial charge in [0.1, 0.15) is 22.9 Å². The average molecular weight is 467 g/mol. The molecule has 0 fully saturated rings. The molecule has 0 unspecified atom stereocenters. The third-order valence-corrected chi connectivity index (χ3v) is 4.89. The second-order valence-corrected chi connectivity index (χ2v) is 6.94. The van der Waals surface area contributed by atoms with Gasteiger partial charge in [0.05, 0.1) is 19.8 Å². The van der Waals surface area contributed by atoms with Gasteiger partial charge in [-0.25, -0.2) is 9.50 Å². The molecule has 2 aromatic heterocycles. The maximum atomic E-state index is 13.8. The number of benzene rings is 2. The summed E-state index contributed by atoms with van der Waals surface area (Å²) in [5.41, 5.74) is -3.19. The Kier molecular flexibility index (Phi) is 5.43. The second-order valence-electron chi connectivity index (χ2n) is 6.94. The largest absolute Gasteiger partial charge is 0.497 e. The first-order valence-electron chi connectivity index (χ1n) is 9.40. The molecule has 0 bridgehead atoms. The molecule has 0 spiro atoms. The first-order chi connectivity index (χ1) is 15.5. The van der Waals surface area contributed by atoms with E-state index < -0.39 is 29.4 Å². The van der Waals surface area contributed by atoms with E-state index in [1.54, 1.807) is 18.2 Å². The van der Waals surface area contributed by atoms with E-state index in [0.29, 0.717) is 27.1 Å². The normalized spacial score (nSPS) is 12.2. The number of hydrogen-bond acceptors (Lipinski definition) is 4. The number of rotatable bonds is 4. The highest BCUT2D eigenvalue weighted by Crippen LogP contribution is 2.41. The predicted octanol–water partition coefficient (Wildman–Crippen LogP) is 6.12. The SMILES string of the molecule is COc1ccc(-c2c(-c3cccc(OC)c3)nn3c(C(F)(F)F)cc(C(F)(F)F)nc23)cc1. The zero-order valence-electron chi connectivity index (χ0n) is 17.1. The third-order valence-electron chi connectivity index (χ3n) is 4.89. The lowest BCUT2D eigenvalue weighted by molar-refractivity contribution is -0.148. The Morgan fingerprint density at radius 2 is 1.42 bits per heavy atom. The van der Waals surface area contributed by atoms with Gasteiger partial charge >= 0.3 is 12.4 Å². The van der Waals surface area contributed by atoms with E-state index in [9.17, 15) is 26.3 Å². The van der Waals surface area contributed by atoms with Gasteiger partial charge in [0, 0.05) is 5.56 Å². The van der Waals surface area contributed by atoms with E-state index in [-0.39, 0.29) is 17.3 Å². The minimum atomic E-state index is -5.12. The average Bonchev–Trinajstić information content (AvgIpc) is 3.16. The Hall–Kier alpha value is -3.76. The van der Waals surface area contributed by atoms with Crippen LogP contribution in [0.1, 0.15) is 11.4 Å². The lowest BCUT2D eigenvalue weighted by Crippen LogP contribution is -2.18. The van der Waals surface area contributed by atoms with Crippen LogP contribution >= 0.6 is 0 Å². The molecule has 0 atom stereocenters. The first kappa shape index (κ1) is 22.4. The zero-order valence-corrected chi connectivity index (χ0v) is 17.1. The highest BCUT2D eigenvalue weighted by molar-refractivity contribution is 5.91. The van der Waals surface area contributed by atoms with Crippen molar-refractivity contribution in [2.45, 2.75) is 12.4 Å². The molecule has 33 heavy (non-hydrogen) atoms. The van der Waals surface area contributed by atoms with Crippen LogP contribution in [0.4, 0.5) is 26.3 Å². The van der Waals surface area contributed by atoms with E-state index in [1.165, 1.54) is 44.6 Å². The predicted molar refractivity (Wildman–Crippen MR) is 107 cm³/mol. The fourth-order valence-corrected chi connectivity index (χ4v) is 3.36. The van der Waals surface area contributed by atoms with Crippen LogP contribution in [-0.2, 0) is 12.4 Å². The zero-order chi connectivity index (χ0) is 24.0. The fraction of sp³-hybridized carbons (Fsp3) is 0.182. The fourth-order valence-electron chi connectivity index (χ4n) is 3.36. The summed E-state index contributed by atoms with van der Waals surface area (Å²) in [7, 11) is 2.84. The number of aromatic nitrogens is 3. The van der Waals surface area contributed by atoms with E-state index >= 15 is 0 Å². The molecule has 2 heterocycles. The molecule has 0 amide bonds. The second kappa shape index (κ2) is 7.98. The summed E-state index contributed by atoms with van der Waals surface area (Å²) in [4.78, 5) is 3.54. The van der Waals surface area contributed by atoms with Crippen LogP contribution in [0.25, 0.3) is 28.0 Å². The van der Waals surface area contributed by atoms with Gasteiger partial charge in [-0.2, -0.15) is 31.4 Å². The Morgan fingerprint density at radius 3 is 2.00 bits per heavy atom. The molecular formula is C22H15F6N3O2. The molecule has 4 aromatic rings. The van der Waals surface area contributed by atoms with Crippen LogP contribution in [0.2, 0.25) is 0 Å². The van der Waals surface area contributed by atoms with Crippen molar-refractivity contribution in [2.24, 2.45) is 0 Å². The summed E-state index contributed by atoms with van der Waals surface area (Å²) in [6, 6.07) is 12.3. The minimum absolute atomic E-state index is 0.00232. The van der Waals surface area contributed by atoms with Crippen molar-refractivity contribution in [3.05, 3.63) is 66.0 Å². The number of methoxy groups -OCH3 is 2. The molecule has 0 saturated carbocycles. The standard InChI is InChI=1S/C22H15F6N3O2/c1-32-14-8-6-12(7-9-14)18-19(13-4-3-5-15(10-13)33-2)30-31-17(22(26,27)28)11-16(21(23,24)25)29-20(18)31/h3-11H,1-2H3. The molecule has 0 saturated heterocycles. The van der Waals surface area contributed by atoms with Crippen LogP contribution in [0.5, 0.6) is 11.5 Å². The molecule has 0 N–H and O–H groups in total. The van der Waals surface area contributed by atoms with Gasteiger partial charge in [-0.1, -0.05) is 24.3 Å². The highest BCUT2D eigenvalue weighted by atomic mass is 19.4. The van der Waals surface area contributed by atoms with Gasteiger partial charge < -0.3 is 9.47 Å². The van der Waals surface area contributed by atoms with Crippen molar-refractivity contribution in [1.29, 1.82) is 0 Å². The molecule has 0 radical (unpaired) electrons. The first-order valence-corrected chi connectivity index (χ1v) is 9.40. The molecule has 2 aromatic carbocycles. The molecule has 5 nitrogen and oxygen atoms in total. The van der Waals surface area contributed by atoms with Gasteiger partial charge in [0.2, 0.25) is 0 Å². The van der Waals surface area contributed by atoms with Crippen molar-refractivity contribution < 1.29 is 35.8 Å². The molecule has 4 rings (SSSR count). The maximum Gasteiger partial charge on any atom is 0.433 e. The molecule has 172 valence electrons. The Bertz CT molecular complexity index is 1310. The van der Waals surface area contributed by atoms with Crippen LogP contribution in [0.15, 0.2) is 54.6 Å². The number of ether oxygens (including phenoxy) is 2. The molecule has 0 aliphatic carbocycles. The van der Waals surface area contributed by atoms with Gasteiger partial charge in [-0.15, -0.1) is 0 Å². The van der Waals surface area contributed by atoms with Crippen molar-refractivity contribution >= 4 is 5.65 Å². The quantitative estimate of drug-likeness (QED) is 0.340. The Labute approximate surface area is 183 Å². The third kappa shape index (κ3) is 4.18. The number of alkyl halides is 6. The maximum absolute atomic E-state index is 13.8. The number of fused-ring (bicyclic) bond motifs is 1. The number of nitrogens with zero attached hydrogens (tertiary/aromatic N) is 3. The van der Waals surface area contributed by atoms with Gasteiger partial charge in [0.25, 0.3) is 0 Å². The molecular weight excluding hydrogens is 452 g/mol. The summed E-state index contributed by atoms with van der Waals surface area (Å²) < 4.78 is 92.3. The van der Waals surface area contributed by atoms with Crippen molar-refractivity contribution in [1.82, 2.24) is 14.6 Å². The van der Waals surface area contributed by atoms with Gasteiger partial charge in [-0.05, 0) is 35.9 Å². The van der Waals surface area contributed by atoms with Gasteiger partial charge in [-0.3, -0.25) is 0 Å². The molecule has 11 heteroatoms. The van der Waals surface area contributed by atoms with Crippen LogP contribution in [0.3, 0.4) is 0 Å². The summed E-state index contributed by atoms with van der Waals surface area (Å²) in [6.45, 7) is 0. The monoisotopic (exact) mass is 467 g/mol. The van der Waals surface area contributed by atoms with Gasteiger partial charge in [0.15, 0.2) is 11.3 Å². The molecule has 0 aliphatic rings. The number of halogens is 6. The number of hydrogen-bond donors (Lipinski definition) is 0. The van der Waals surface area contributed by atoms with E-state index in [4.69, 9.17) is 9.47 Å². The van der Waals surface area contributed by atoms with E-state index in [0.717, 1.165) is 0 Å². The Balaban J connectivity index is 2.13. The van der Waals surface area contributed by atoms with E-state index in [1.807, 2.05) is 0 Å². The van der Waals surface area contributed by atoms with Crippen LogP contribution in [-0.4, -0.2) is 28.8 Å². The lowest BCUT2D eigenvalue weighted by Gasteiger charge is -2.13. The van der Waals surface area contributed by atoms with Crippen LogP contribution in [0, 0.1) is 0 Å². The van der Waals surface area contributed by atoms with E-state index in [2.05, 4.69) is 10.1 Å². The molecule has 0 aliphatic heterocycles. The van der Waals surface area contributed by atoms with Crippen molar-refractivity contribution in [3.8, 4) is 33.9 Å². The van der Waals surface area contributed by atoms with Crippen LogP contribution < -0.4 is 9.47 Å². The minimum Gasteiger partial charge on any atom is -0.497 e. The highest BCUT2D eigenvalue weighted by Gasteiger charge is 2.41. The smallest absolute Gasteiger partial charge is 0.433 e. The summed E-state index contributed by atoms with van der Waals surface area (Å²) >= 11 is 0.